The molecule has 2 aromatic rings. The molecule has 1 N–H and O–H groups in total. The lowest BCUT2D eigenvalue weighted by atomic mass is 10.2. The average Bonchev–Trinajstić information content (AvgIpc) is 3.36. The standard InChI is InChI=1S/C20H26FN5O/c1-15(20(27)22-17-5-6-17)25-11-9-24(10-12-25)14-18-7-8-26(23-18)19-4-2-3-16(21)13-19/h2-4,7-8,13,15,17H,5-6,9-12,14H2,1H3,(H,22,27). The van der Waals surface area contributed by atoms with Gasteiger partial charge in [0.1, 0.15) is 5.82 Å². The van der Waals surface area contributed by atoms with E-state index in [2.05, 4.69) is 20.2 Å². The van der Waals surface area contributed by atoms with Crippen molar-refractivity contribution in [2.24, 2.45) is 0 Å². The van der Waals surface area contributed by atoms with Crippen LogP contribution in [0.3, 0.4) is 0 Å². The van der Waals surface area contributed by atoms with E-state index in [0.29, 0.717) is 6.04 Å². The fraction of sp³-hybridized carbons (Fsp3) is 0.500. The molecule has 1 aliphatic heterocycles. The fourth-order valence-corrected chi connectivity index (χ4v) is 3.46. The molecule has 144 valence electrons. The Kier molecular flexibility index (Phi) is 5.22. The van der Waals surface area contributed by atoms with Gasteiger partial charge in [0.2, 0.25) is 5.91 Å². The maximum atomic E-state index is 13.4. The first kappa shape index (κ1) is 18.1. The average molecular weight is 371 g/mol. The van der Waals surface area contributed by atoms with Gasteiger partial charge >= 0.3 is 0 Å². The van der Waals surface area contributed by atoms with Crippen LogP contribution in [0.25, 0.3) is 5.69 Å². The van der Waals surface area contributed by atoms with Crippen LogP contribution in [0.15, 0.2) is 36.5 Å². The van der Waals surface area contributed by atoms with Crippen molar-refractivity contribution in [3.8, 4) is 5.69 Å². The van der Waals surface area contributed by atoms with E-state index in [9.17, 15) is 9.18 Å². The number of rotatable bonds is 6. The molecule has 7 heteroatoms. The Morgan fingerprint density at radius 1 is 1.26 bits per heavy atom. The number of amides is 1. The summed E-state index contributed by atoms with van der Waals surface area (Å²) in [7, 11) is 0. The lowest BCUT2D eigenvalue weighted by Gasteiger charge is -2.37. The van der Waals surface area contributed by atoms with Gasteiger partial charge in [-0.05, 0) is 44.0 Å². The van der Waals surface area contributed by atoms with Gasteiger partial charge in [-0.25, -0.2) is 9.07 Å². The predicted molar refractivity (Wildman–Crippen MR) is 101 cm³/mol. The number of carbonyl (C=O) groups excluding carboxylic acids is 1. The van der Waals surface area contributed by atoms with Crippen LogP contribution in [0.5, 0.6) is 0 Å². The number of benzene rings is 1. The number of nitrogens with one attached hydrogen (secondary N) is 1. The predicted octanol–water partition coefficient (Wildman–Crippen LogP) is 1.80. The lowest BCUT2D eigenvalue weighted by Crippen LogP contribution is -2.53. The molecule has 1 aromatic carbocycles. The largest absolute Gasteiger partial charge is 0.352 e. The quantitative estimate of drug-likeness (QED) is 0.841. The summed E-state index contributed by atoms with van der Waals surface area (Å²) < 4.78 is 15.1. The Bertz CT molecular complexity index is 795. The molecule has 1 unspecified atom stereocenters. The van der Waals surface area contributed by atoms with Crippen molar-refractivity contribution in [3.63, 3.8) is 0 Å². The van der Waals surface area contributed by atoms with E-state index >= 15 is 0 Å². The molecule has 6 nitrogen and oxygen atoms in total. The first-order valence-corrected chi connectivity index (χ1v) is 9.66. The van der Waals surface area contributed by atoms with Gasteiger partial charge in [0.05, 0.1) is 17.4 Å². The van der Waals surface area contributed by atoms with Crippen LogP contribution >= 0.6 is 0 Å². The molecule has 1 atom stereocenters. The molecule has 1 saturated carbocycles. The second-order valence-corrected chi connectivity index (χ2v) is 7.50. The molecule has 2 heterocycles. The third-order valence-corrected chi connectivity index (χ3v) is 5.36. The lowest BCUT2D eigenvalue weighted by molar-refractivity contribution is -0.126. The minimum Gasteiger partial charge on any atom is -0.352 e. The third kappa shape index (κ3) is 4.54. The molecular weight excluding hydrogens is 345 g/mol. The number of halogens is 1. The van der Waals surface area contributed by atoms with Crippen LogP contribution < -0.4 is 5.32 Å². The highest BCUT2D eigenvalue weighted by Crippen LogP contribution is 2.19. The Labute approximate surface area is 158 Å². The summed E-state index contributed by atoms with van der Waals surface area (Å²) in [6, 6.07) is 8.75. The van der Waals surface area contributed by atoms with Crippen LogP contribution in [-0.4, -0.2) is 63.8 Å². The van der Waals surface area contributed by atoms with Crippen LogP contribution in [-0.2, 0) is 11.3 Å². The minimum atomic E-state index is -0.263. The summed E-state index contributed by atoms with van der Waals surface area (Å²) in [6.07, 6.45) is 4.10. The van der Waals surface area contributed by atoms with Crippen molar-refractivity contribution in [1.82, 2.24) is 24.9 Å². The SMILES string of the molecule is CC(C(=O)NC1CC1)N1CCN(Cc2ccn(-c3cccc(F)c3)n2)CC1. The maximum Gasteiger partial charge on any atom is 0.237 e. The maximum absolute atomic E-state index is 13.4. The summed E-state index contributed by atoms with van der Waals surface area (Å²) in [5, 5.41) is 7.66. The molecule has 1 amide bonds. The number of carbonyl (C=O) groups is 1. The van der Waals surface area contributed by atoms with E-state index in [-0.39, 0.29) is 17.8 Å². The highest BCUT2D eigenvalue weighted by atomic mass is 19.1. The molecule has 2 fully saturated rings. The van der Waals surface area contributed by atoms with E-state index < -0.39 is 0 Å². The van der Waals surface area contributed by atoms with E-state index in [1.54, 1.807) is 10.7 Å². The highest BCUT2D eigenvalue weighted by molar-refractivity contribution is 5.81. The van der Waals surface area contributed by atoms with Gasteiger partial charge in [-0.3, -0.25) is 14.6 Å². The third-order valence-electron chi connectivity index (χ3n) is 5.36. The van der Waals surface area contributed by atoms with Gasteiger partial charge in [0.25, 0.3) is 0 Å². The molecule has 1 aromatic heterocycles. The zero-order chi connectivity index (χ0) is 18.8. The monoisotopic (exact) mass is 371 g/mol. The normalized spacial score (nSPS) is 19.8. The molecular formula is C20H26FN5O. The van der Waals surface area contributed by atoms with Gasteiger partial charge in [-0.2, -0.15) is 5.10 Å². The summed E-state index contributed by atoms with van der Waals surface area (Å²) in [4.78, 5) is 16.8. The topological polar surface area (TPSA) is 53.4 Å². The number of hydrogen-bond donors (Lipinski definition) is 1. The van der Waals surface area contributed by atoms with Crippen molar-refractivity contribution in [1.29, 1.82) is 0 Å². The van der Waals surface area contributed by atoms with Crippen LogP contribution in [0.1, 0.15) is 25.5 Å². The molecule has 1 saturated heterocycles. The van der Waals surface area contributed by atoms with Crippen molar-refractivity contribution in [2.75, 3.05) is 26.2 Å². The number of nitrogens with zero attached hydrogens (tertiary/aromatic N) is 4. The summed E-state index contributed by atoms with van der Waals surface area (Å²) in [6.45, 7) is 6.34. The van der Waals surface area contributed by atoms with Crippen molar-refractivity contribution >= 4 is 5.91 Å². The van der Waals surface area contributed by atoms with Gasteiger partial charge in [-0.15, -0.1) is 0 Å². The van der Waals surface area contributed by atoms with E-state index in [1.165, 1.54) is 12.1 Å². The van der Waals surface area contributed by atoms with Crippen molar-refractivity contribution < 1.29 is 9.18 Å². The zero-order valence-corrected chi connectivity index (χ0v) is 15.6. The van der Waals surface area contributed by atoms with E-state index in [4.69, 9.17) is 0 Å². The number of aromatic nitrogens is 2. The van der Waals surface area contributed by atoms with Gasteiger partial charge in [0.15, 0.2) is 0 Å². The second-order valence-electron chi connectivity index (χ2n) is 7.50. The van der Waals surface area contributed by atoms with Gasteiger partial charge < -0.3 is 5.32 Å². The summed E-state index contributed by atoms with van der Waals surface area (Å²) in [5.41, 5.74) is 1.69. The Morgan fingerprint density at radius 2 is 2.04 bits per heavy atom. The fourth-order valence-electron chi connectivity index (χ4n) is 3.46. The van der Waals surface area contributed by atoms with E-state index in [1.807, 2.05) is 25.3 Å². The summed E-state index contributed by atoms with van der Waals surface area (Å²) >= 11 is 0. The molecule has 0 spiro atoms. The second kappa shape index (κ2) is 7.78. The molecule has 2 aliphatic rings. The van der Waals surface area contributed by atoms with Crippen molar-refractivity contribution in [3.05, 3.63) is 48.0 Å². The van der Waals surface area contributed by atoms with Crippen molar-refractivity contribution in [2.45, 2.75) is 38.4 Å². The zero-order valence-electron chi connectivity index (χ0n) is 15.6. The first-order valence-electron chi connectivity index (χ1n) is 9.66. The smallest absolute Gasteiger partial charge is 0.237 e. The molecule has 4 rings (SSSR count). The minimum absolute atomic E-state index is 0.0695. The van der Waals surface area contributed by atoms with Crippen LogP contribution in [0.4, 0.5) is 4.39 Å². The highest BCUT2D eigenvalue weighted by Gasteiger charge is 2.30. The number of hydrogen-bond acceptors (Lipinski definition) is 4. The van der Waals surface area contributed by atoms with Crippen LogP contribution in [0, 0.1) is 5.82 Å². The molecule has 27 heavy (non-hydrogen) atoms. The Morgan fingerprint density at radius 3 is 2.74 bits per heavy atom. The van der Waals surface area contributed by atoms with Gasteiger partial charge in [-0.1, -0.05) is 6.07 Å². The summed E-state index contributed by atoms with van der Waals surface area (Å²) in [5.74, 6) is -0.111. The van der Waals surface area contributed by atoms with E-state index in [0.717, 1.165) is 56.9 Å². The number of piperazine rings is 1. The molecule has 0 radical (unpaired) electrons. The first-order chi connectivity index (χ1) is 13.1. The molecule has 1 aliphatic carbocycles. The van der Waals surface area contributed by atoms with Crippen LogP contribution in [0.2, 0.25) is 0 Å². The molecule has 0 bridgehead atoms. The van der Waals surface area contributed by atoms with Gasteiger partial charge in [0, 0.05) is 45.0 Å². The Hall–Kier alpha value is -2.25. The Balaban J connectivity index is 1.28.